The Morgan fingerprint density at radius 2 is 1.82 bits per heavy atom. The molecular formula is C25H22F3N3O2. The maximum Gasteiger partial charge on any atom is 0.405 e. The average Bonchev–Trinajstić information content (AvgIpc) is 3.58. The SMILES string of the molecule is Cc1cc(OCc2ncccn2)cc(=O)n1[C@H](C)c1ccc(C#CC2(C(F)(F)F)CC2)cc1. The highest BCUT2D eigenvalue weighted by Crippen LogP contribution is 2.57. The molecule has 0 bridgehead atoms. The standard InChI is InChI=1S/C25H22F3N3O2/c1-17-14-21(33-16-22-29-12-3-13-30-22)15-23(32)31(17)18(2)20-6-4-19(5-7-20)8-9-24(10-11-24)25(26,27)28/h3-7,12-15,18H,10-11,16H2,1-2H3/t18-/m1/s1. The Morgan fingerprint density at radius 3 is 2.39 bits per heavy atom. The lowest BCUT2D eigenvalue weighted by atomic mass is 10.0. The molecule has 2 aromatic heterocycles. The van der Waals surface area contributed by atoms with Gasteiger partial charge in [-0.3, -0.25) is 4.79 Å². The van der Waals surface area contributed by atoms with Gasteiger partial charge in [-0.05, 0) is 56.5 Å². The van der Waals surface area contributed by atoms with E-state index in [0.717, 1.165) is 5.56 Å². The molecule has 0 amide bonds. The molecule has 3 aromatic rings. The summed E-state index contributed by atoms with van der Waals surface area (Å²) in [5.41, 5.74) is -0.00814. The maximum atomic E-state index is 13.0. The van der Waals surface area contributed by atoms with E-state index in [2.05, 4.69) is 21.8 Å². The summed E-state index contributed by atoms with van der Waals surface area (Å²) in [5, 5.41) is 0. The van der Waals surface area contributed by atoms with E-state index in [-0.39, 0.29) is 31.0 Å². The largest absolute Gasteiger partial charge is 0.485 e. The van der Waals surface area contributed by atoms with E-state index in [9.17, 15) is 18.0 Å². The van der Waals surface area contributed by atoms with Crippen molar-refractivity contribution in [2.75, 3.05) is 0 Å². The molecule has 0 aliphatic heterocycles. The predicted octanol–water partition coefficient (Wildman–Crippen LogP) is 4.83. The quantitative estimate of drug-likeness (QED) is 0.520. The Bertz CT molecular complexity index is 1250. The second-order valence-corrected chi connectivity index (χ2v) is 8.12. The molecule has 4 rings (SSSR count). The second-order valence-electron chi connectivity index (χ2n) is 8.12. The van der Waals surface area contributed by atoms with Crippen LogP contribution in [0.1, 0.15) is 48.5 Å². The Hall–Kier alpha value is -3.60. The van der Waals surface area contributed by atoms with Gasteiger partial charge in [-0.15, -0.1) is 0 Å². The smallest absolute Gasteiger partial charge is 0.405 e. The summed E-state index contributed by atoms with van der Waals surface area (Å²) in [7, 11) is 0. The lowest BCUT2D eigenvalue weighted by Crippen LogP contribution is -2.25. The van der Waals surface area contributed by atoms with Crippen molar-refractivity contribution >= 4 is 0 Å². The van der Waals surface area contributed by atoms with Gasteiger partial charge < -0.3 is 9.30 Å². The summed E-state index contributed by atoms with van der Waals surface area (Å²) in [5.74, 6) is 6.00. The molecule has 0 unspecified atom stereocenters. The first-order valence-corrected chi connectivity index (χ1v) is 10.5. The van der Waals surface area contributed by atoms with E-state index in [1.54, 1.807) is 53.4 Å². The summed E-state index contributed by atoms with van der Waals surface area (Å²) in [6, 6.07) is 11.5. The summed E-state index contributed by atoms with van der Waals surface area (Å²) < 4.78 is 46.4. The molecule has 1 aromatic carbocycles. The highest BCUT2D eigenvalue weighted by Gasteiger charge is 2.62. The van der Waals surface area contributed by atoms with E-state index in [1.165, 1.54) is 6.07 Å². The number of aryl methyl sites for hydroxylation is 1. The van der Waals surface area contributed by atoms with Crippen molar-refractivity contribution in [3.63, 3.8) is 0 Å². The molecule has 2 heterocycles. The molecule has 0 radical (unpaired) electrons. The minimum atomic E-state index is -4.29. The molecule has 0 saturated heterocycles. The number of ether oxygens (including phenoxy) is 1. The molecule has 1 aliphatic carbocycles. The fourth-order valence-corrected chi connectivity index (χ4v) is 3.60. The molecule has 1 fully saturated rings. The fourth-order valence-electron chi connectivity index (χ4n) is 3.60. The third-order valence-electron chi connectivity index (χ3n) is 5.74. The van der Waals surface area contributed by atoms with Crippen molar-refractivity contribution in [3.05, 3.63) is 87.9 Å². The number of aromatic nitrogens is 3. The van der Waals surface area contributed by atoms with E-state index >= 15 is 0 Å². The molecule has 33 heavy (non-hydrogen) atoms. The van der Waals surface area contributed by atoms with Gasteiger partial charge in [0.1, 0.15) is 17.8 Å². The Morgan fingerprint density at radius 1 is 1.15 bits per heavy atom. The van der Waals surface area contributed by atoms with Gasteiger partial charge in [0.25, 0.3) is 5.56 Å². The fraction of sp³-hybridized carbons (Fsp3) is 0.320. The highest BCUT2D eigenvalue weighted by molar-refractivity contribution is 5.40. The molecule has 8 heteroatoms. The first-order valence-electron chi connectivity index (χ1n) is 10.5. The van der Waals surface area contributed by atoms with Gasteiger partial charge >= 0.3 is 6.18 Å². The summed E-state index contributed by atoms with van der Waals surface area (Å²) in [6.07, 6.45) is -0.948. The number of rotatable bonds is 5. The molecule has 1 saturated carbocycles. The minimum Gasteiger partial charge on any atom is -0.485 e. The zero-order valence-corrected chi connectivity index (χ0v) is 18.2. The van der Waals surface area contributed by atoms with Gasteiger partial charge in [0.2, 0.25) is 0 Å². The van der Waals surface area contributed by atoms with E-state index in [4.69, 9.17) is 4.74 Å². The topological polar surface area (TPSA) is 57.0 Å². The van der Waals surface area contributed by atoms with Crippen LogP contribution in [0.25, 0.3) is 0 Å². The second kappa shape index (κ2) is 8.74. The van der Waals surface area contributed by atoms with Crippen LogP contribution in [0.15, 0.2) is 59.7 Å². The summed E-state index contributed by atoms with van der Waals surface area (Å²) in [4.78, 5) is 21.0. The predicted molar refractivity (Wildman–Crippen MR) is 117 cm³/mol. The van der Waals surface area contributed by atoms with Gasteiger partial charge in [-0.2, -0.15) is 13.2 Å². The van der Waals surface area contributed by atoms with Crippen LogP contribution < -0.4 is 10.3 Å². The van der Waals surface area contributed by atoms with E-state index in [1.807, 2.05) is 13.8 Å². The minimum absolute atomic E-state index is 0.0545. The molecule has 0 spiro atoms. The number of hydrogen-bond donors (Lipinski definition) is 0. The van der Waals surface area contributed by atoms with Gasteiger partial charge in [0, 0.05) is 29.7 Å². The van der Waals surface area contributed by atoms with Crippen molar-refractivity contribution in [2.24, 2.45) is 5.41 Å². The van der Waals surface area contributed by atoms with Gasteiger partial charge in [-0.25, -0.2) is 9.97 Å². The first-order chi connectivity index (χ1) is 15.7. The van der Waals surface area contributed by atoms with Crippen LogP contribution in [-0.4, -0.2) is 20.7 Å². The monoisotopic (exact) mass is 453 g/mol. The zero-order valence-electron chi connectivity index (χ0n) is 18.2. The molecule has 0 N–H and O–H groups in total. The van der Waals surface area contributed by atoms with Crippen molar-refractivity contribution in [1.82, 2.24) is 14.5 Å². The van der Waals surface area contributed by atoms with Gasteiger partial charge in [0.05, 0.1) is 6.04 Å². The van der Waals surface area contributed by atoms with Crippen LogP contribution in [0.4, 0.5) is 13.2 Å². The van der Waals surface area contributed by atoms with Gasteiger partial charge in [0.15, 0.2) is 5.82 Å². The number of pyridine rings is 1. The van der Waals surface area contributed by atoms with Crippen molar-refractivity contribution in [1.29, 1.82) is 0 Å². The number of nitrogens with zero attached hydrogens (tertiary/aromatic N) is 3. The molecular weight excluding hydrogens is 431 g/mol. The number of hydrogen-bond acceptors (Lipinski definition) is 4. The summed E-state index contributed by atoms with van der Waals surface area (Å²) >= 11 is 0. The van der Waals surface area contributed by atoms with Crippen LogP contribution in [0.3, 0.4) is 0 Å². The average molecular weight is 453 g/mol. The maximum absolute atomic E-state index is 13.0. The first kappa shape index (κ1) is 22.6. The molecule has 170 valence electrons. The van der Waals surface area contributed by atoms with Crippen LogP contribution in [-0.2, 0) is 6.61 Å². The molecule has 5 nitrogen and oxygen atoms in total. The number of alkyl halides is 3. The van der Waals surface area contributed by atoms with Crippen molar-refractivity contribution in [2.45, 2.75) is 45.5 Å². The van der Waals surface area contributed by atoms with Gasteiger partial charge in [-0.1, -0.05) is 24.0 Å². The number of halogens is 3. The lowest BCUT2D eigenvalue weighted by molar-refractivity contribution is -0.168. The van der Waals surface area contributed by atoms with Crippen LogP contribution in [0.5, 0.6) is 5.75 Å². The zero-order chi connectivity index (χ0) is 23.6. The Kier molecular flexibility index (Phi) is 5.98. The third-order valence-corrected chi connectivity index (χ3v) is 5.74. The van der Waals surface area contributed by atoms with E-state index < -0.39 is 11.6 Å². The lowest BCUT2D eigenvalue weighted by Gasteiger charge is -2.19. The van der Waals surface area contributed by atoms with Crippen molar-refractivity contribution in [3.8, 4) is 17.6 Å². The Labute approximate surface area is 189 Å². The molecule has 1 aliphatic rings. The third kappa shape index (κ3) is 4.92. The molecule has 1 atom stereocenters. The van der Waals surface area contributed by atoms with Crippen LogP contribution in [0, 0.1) is 24.2 Å². The number of benzene rings is 1. The van der Waals surface area contributed by atoms with Crippen LogP contribution >= 0.6 is 0 Å². The van der Waals surface area contributed by atoms with E-state index in [0.29, 0.717) is 22.8 Å². The Balaban J connectivity index is 1.49. The van der Waals surface area contributed by atoms with Crippen molar-refractivity contribution < 1.29 is 17.9 Å². The highest BCUT2D eigenvalue weighted by atomic mass is 19.4. The normalized spacial score (nSPS) is 15.3. The summed E-state index contributed by atoms with van der Waals surface area (Å²) in [6.45, 7) is 3.85. The van der Waals surface area contributed by atoms with Crippen LogP contribution in [0.2, 0.25) is 0 Å².